The van der Waals surface area contributed by atoms with Crippen molar-refractivity contribution in [1.29, 1.82) is 0 Å². The number of nitrogens with one attached hydrogen (secondary N) is 1. The van der Waals surface area contributed by atoms with E-state index >= 15 is 0 Å². The van der Waals surface area contributed by atoms with Gasteiger partial charge in [-0.05, 0) is 5.92 Å². The molecule has 1 unspecified atom stereocenters. The predicted molar refractivity (Wildman–Crippen MR) is 64.2 cm³/mol. The number of aromatic nitrogens is 2. The molecule has 1 aromatic rings. The van der Waals surface area contributed by atoms with E-state index in [0.717, 1.165) is 0 Å². The monoisotopic (exact) mass is 275 g/mol. The van der Waals surface area contributed by atoms with Crippen LogP contribution in [0.1, 0.15) is 13.8 Å². The summed E-state index contributed by atoms with van der Waals surface area (Å²) in [4.78, 5) is 11.5. The van der Waals surface area contributed by atoms with E-state index < -0.39 is 22.0 Å². The molecule has 1 atom stereocenters. The normalized spacial score (nSPS) is 13.6. The van der Waals surface area contributed by atoms with Crippen molar-refractivity contribution in [3.63, 3.8) is 0 Å². The second-order valence-electron chi connectivity index (χ2n) is 4.22. The molecule has 102 valence electrons. The zero-order valence-electron chi connectivity index (χ0n) is 10.7. The zero-order valence-corrected chi connectivity index (χ0v) is 11.6. The zero-order chi connectivity index (χ0) is 13.9. The molecule has 0 spiro atoms. The summed E-state index contributed by atoms with van der Waals surface area (Å²) in [6.07, 6.45) is 2.58. The minimum atomic E-state index is -3.77. The van der Waals surface area contributed by atoms with E-state index in [1.165, 1.54) is 24.2 Å². The number of sulfonamides is 1. The van der Waals surface area contributed by atoms with Crippen LogP contribution in [0.15, 0.2) is 17.3 Å². The SMILES string of the molecule is COC(=O)C(NS(=O)(=O)c1cnn(C)c1)C(C)C. The number of esters is 1. The molecule has 1 aromatic heterocycles. The number of ether oxygens (including phenoxy) is 1. The number of aryl methyl sites for hydroxylation is 1. The maximum absolute atomic E-state index is 12.0. The van der Waals surface area contributed by atoms with Crippen LogP contribution in [0.5, 0.6) is 0 Å². The number of carbonyl (C=O) groups is 1. The first kappa shape index (κ1) is 14.7. The molecule has 1 N–H and O–H groups in total. The van der Waals surface area contributed by atoms with E-state index in [9.17, 15) is 13.2 Å². The van der Waals surface area contributed by atoms with E-state index in [0.29, 0.717) is 0 Å². The van der Waals surface area contributed by atoms with Gasteiger partial charge >= 0.3 is 5.97 Å². The summed E-state index contributed by atoms with van der Waals surface area (Å²) >= 11 is 0. The maximum Gasteiger partial charge on any atom is 0.324 e. The largest absolute Gasteiger partial charge is 0.468 e. The van der Waals surface area contributed by atoms with Gasteiger partial charge in [0.05, 0.1) is 13.3 Å². The fraction of sp³-hybridized carbons (Fsp3) is 0.600. The van der Waals surface area contributed by atoms with Crippen molar-refractivity contribution < 1.29 is 17.9 Å². The Hall–Kier alpha value is -1.41. The molecule has 1 rings (SSSR count). The Morgan fingerprint density at radius 2 is 2.11 bits per heavy atom. The second-order valence-corrected chi connectivity index (χ2v) is 5.93. The van der Waals surface area contributed by atoms with E-state index in [2.05, 4.69) is 14.6 Å². The number of hydrogen-bond acceptors (Lipinski definition) is 5. The Morgan fingerprint density at radius 3 is 2.50 bits per heavy atom. The van der Waals surface area contributed by atoms with E-state index in [-0.39, 0.29) is 10.8 Å². The molecule has 0 saturated carbocycles. The minimum absolute atomic E-state index is 0.0135. The Labute approximate surface area is 106 Å². The molecule has 0 bridgehead atoms. The van der Waals surface area contributed by atoms with Gasteiger partial charge in [0, 0.05) is 13.2 Å². The Morgan fingerprint density at radius 1 is 1.50 bits per heavy atom. The number of hydrogen-bond donors (Lipinski definition) is 1. The molecular weight excluding hydrogens is 258 g/mol. The second kappa shape index (κ2) is 5.49. The highest BCUT2D eigenvalue weighted by Crippen LogP contribution is 2.11. The lowest BCUT2D eigenvalue weighted by atomic mass is 10.1. The highest BCUT2D eigenvalue weighted by molar-refractivity contribution is 7.89. The minimum Gasteiger partial charge on any atom is -0.468 e. The molecule has 0 fully saturated rings. The van der Waals surface area contributed by atoms with E-state index in [4.69, 9.17) is 0 Å². The third kappa shape index (κ3) is 3.30. The molecule has 0 aromatic carbocycles. The van der Waals surface area contributed by atoms with Gasteiger partial charge in [0.25, 0.3) is 0 Å². The average molecular weight is 275 g/mol. The van der Waals surface area contributed by atoms with Crippen LogP contribution in [-0.4, -0.2) is 37.3 Å². The third-order valence-corrected chi connectivity index (χ3v) is 3.79. The molecule has 7 nitrogen and oxygen atoms in total. The quantitative estimate of drug-likeness (QED) is 0.758. The molecule has 1 heterocycles. The molecule has 0 aliphatic rings. The fourth-order valence-electron chi connectivity index (χ4n) is 1.36. The van der Waals surface area contributed by atoms with Gasteiger partial charge in [-0.25, -0.2) is 8.42 Å². The Balaban J connectivity index is 2.97. The van der Waals surface area contributed by atoms with Crippen molar-refractivity contribution in [1.82, 2.24) is 14.5 Å². The smallest absolute Gasteiger partial charge is 0.324 e. The van der Waals surface area contributed by atoms with Crippen molar-refractivity contribution >= 4 is 16.0 Å². The number of rotatable bonds is 5. The van der Waals surface area contributed by atoms with Crippen LogP contribution in [0.25, 0.3) is 0 Å². The maximum atomic E-state index is 12.0. The van der Waals surface area contributed by atoms with Gasteiger partial charge in [0.1, 0.15) is 10.9 Å². The van der Waals surface area contributed by atoms with Gasteiger partial charge in [-0.3, -0.25) is 9.48 Å². The van der Waals surface area contributed by atoms with Gasteiger partial charge in [-0.15, -0.1) is 0 Å². The van der Waals surface area contributed by atoms with Crippen LogP contribution in [0.4, 0.5) is 0 Å². The van der Waals surface area contributed by atoms with Crippen LogP contribution in [0.3, 0.4) is 0 Å². The van der Waals surface area contributed by atoms with Gasteiger partial charge in [0.2, 0.25) is 10.0 Å². The molecule has 18 heavy (non-hydrogen) atoms. The molecule has 0 aliphatic heterocycles. The van der Waals surface area contributed by atoms with Gasteiger partial charge in [-0.1, -0.05) is 13.8 Å². The van der Waals surface area contributed by atoms with Crippen molar-refractivity contribution in [2.24, 2.45) is 13.0 Å². The van der Waals surface area contributed by atoms with Gasteiger partial charge < -0.3 is 4.74 Å². The molecule has 0 radical (unpaired) electrons. The fourth-order valence-corrected chi connectivity index (χ4v) is 2.67. The van der Waals surface area contributed by atoms with Crippen molar-refractivity contribution in [2.45, 2.75) is 24.8 Å². The summed E-state index contributed by atoms with van der Waals surface area (Å²) in [7, 11) is -0.944. The van der Waals surface area contributed by atoms with Crippen molar-refractivity contribution in [3.8, 4) is 0 Å². The van der Waals surface area contributed by atoms with Crippen molar-refractivity contribution in [3.05, 3.63) is 12.4 Å². The molecular formula is C10H17N3O4S. The summed E-state index contributed by atoms with van der Waals surface area (Å²) in [5, 5.41) is 3.78. The summed E-state index contributed by atoms with van der Waals surface area (Å²) in [6.45, 7) is 3.46. The predicted octanol–water partition coefficient (Wildman–Crippen LogP) is -0.104. The van der Waals surface area contributed by atoms with Crippen LogP contribution >= 0.6 is 0 Å². The lowest BCUT2D eigenvalue weighted by molar-refractivity contribution is -0.143. The Bertz CT molecular complexity index is 521. The topological polar surface area (TPSA) is 90.3 Å². The van der Waals surface area contributed by atoms with Crippen LogP contribution in [0, 0.1) is 5.92 Å². The first-order chi connectivity index (χ1) is 8.27. The number of nitrogens with zero attached hydrogens (tertiary/aromatic N) is 2. The van der Waals surface area contributed by atoms with Gasteiger partial charge in [0.15, 0.2) is 0 Å². The summed E-state index contributed by atoms with van der Waals surface area (Å²) < 4.78 is 32.3. The first-order valence-electron chi connectivity index (χ1n) is 5.36. The highest BCUT2D eigenvalue weighted by atomic mass is 32.2. The lowest BCUT2D eigenvalue weighted by Gasteiger charge is -2.19. The van der Waals surface area contributed by atoms with Crippen LogP contribution in [-0.2, 0) is 26.6 Å². The van der Waals surface area contributed by atoms with Crippen LogP contribution in [0.2, 0.25) is 0 Å². The highest BCUT2D eigenvalue weighted by Gasteiger charge is 2.29. The third-order valence-electron chi connectivity index (χ3n) is 2.40. The summed E-state index contributed by atoms with van der Waals surface area (Å²) in [5.41, 5.74) is 0. The molecule has 0 aliphatic carbocycles. The standard InChI is InChI=1S/C10H17N3O4S/c1-7(2)9(10(14)17-4)12-18(15,16)8-5-11-13(3)6-8/h5-7,9,12H,1-4H3. The van der Waals surface area contributed by atoms with E-state index in [1.54, 1.807) is 20.9 Å². The Kier molecular flexibility index (Phi) is 4.47. The summed E-state index contributed by atoms with van der Waals surface area (Å²) in [5.74, 6) is -0.832. The lowest BCUT2D eigenvalue weighted by Crippen LogP contribution is -2.44. The van der Waals surface area contributed by atoms with Crippen molar-refractivity contribution in [2.75, 3.05) is 7.11 Å². The first-order valence-corrected chi connectivity index (χ1v) is 6.85. The van der Waals surface area contributed by atoms with Gasteiger partial charge in [-0.2, -0.15) is 9.82 Å². The average Bonchev–Trinajstić information content (AvgIpc) is 2.72. The van der Waals surface area contributed by atoms with E-state index in [1.807, 2.05) is 0 Å². The molecule has 0 amide bonds. The summed E-state index contributed by atoms with van der Waals surface area (Å²) in [6, 6.07) is -0.916. The molecule has 0 saturated heterocycles. The number of methoxy groups -OCH3 is 1. The van der Waals surface area contributed by atoms with Crippen LogP contribution < -0.4 is 4.72 Å². The molecule has 8 heteroatoms. The number of carbonyl (C=O) groups excluding carboxylic acids is 1.